The molecule has 0 spiro atoms. The zero-order chi connectivity index (χ0) is 14.2. The Balaban J connectivity index is 2.19. The predicted octanol–water partition coefficient (Wildman–Crippen LogP) is 2.68. The first-order chi connectivity index (χ1) is 8.90. The van der Waals surface area contributed by atoms with E-state index in [4.69, 9.17) is 5.73 Å². The van der Waals surface area contributed by atoms with Crippen LogP contribution in [0.1, 0.15) is 22.4 Å². The monoisotopic (exact) mass is 262 g/mol. The molecule has 1 aromatic carbocycles. The molecule has 5 heteroatoms. The average Bonchev–Trinajstić information content (AvgIpc) is 2.58. The predicted molar refractivity (Wildman–Crippen MR) is 75.6 cm³/mol. The third-order valence-electron chi connectivity index (χ3n) is 3.22. The lowest BCUT2D eigenvalue weighted by atomic mass is 10.1. The lowest BCUT2D eigenvalue weighted by molar-refractivity contribution is 0.608. The van der Waals surface area contributed by atoms with Crippen molar-refractivity contribution in [2.24, 2.45) is 7.05 Å². The molecule has 2 aromatic rings. The molecular weight excluding hydrogens is 243 g/mol. The molecule has 0 fully saturated rings. The number of aromatic nitrogens is 2. The summed E-state index contributed by atoms with van der Waals surface area (Å²) in [4.78, 5) is 0. The fourth-order valence-electron chi connectivity index (χ4n) is 2.21. The van der Waals surface area contributed by atoms with Crippen molar-refractivity contribution >= 4 is 11.5 Å². The molecule has 0 aliphatic carbocycles. The third-order valence-corrected chi connectivity index (χ3v) is 3.22. The van der Waals surface area contributed by atoms with E-state index in [0.717, 1.165) is 17.1 Å². The number of nitrogens with two attached hydrogens (primary N) is 1. The minimum Gasteiger partial charge on any atom is -0.394 e. The first kappa shape index (κ1) is 13.4. The number of benzene rings is 1. The van der Waals surface area contributed by atoms with Crippen molar-refractivity contribution in [2.75, 3.05) is 11.1 Å². The number of hydrogen-bond donors (Lipinski definition) is 2. The second-order valence-corrected chi connectivity index (χ2v) is 4.87. The highest BCUT2D eigenvalue weighted by atomic mass is 19.1. The van der Waals surface area contributed by atoms with E-state index in [0.29, 0.717) is 23.4 Å². The van der Waals surface area contributed by atoms with Gasteiger partial charge in [0, 0.05) is 13.6 Å². The van der Waals surface area contributed by atoms with Gasteiger partial charge in [-0.2, -0.15) is 5.10 Å². The molecule has 102 valence electrons. The number of hydrogen-bond acceptors (Lipinski definition) is 3. The Hall–Kier alpha value is -2.04. The van der Waals surface area contributed by atoms with Crippen molar-refractivity contribution in [2.45, 2.75) is 27.3 Å². The van der Waals surface area contributed by atoms with Gasteiger partial charge in [-0.1, -0.05) is 12.1 Å². The second-order valence-electron chi connectivity index (χ2n) is 4.87. The maximum Gasteiger partial charge on any atom is 0.148 e. The van der Waals surface area contributed by atoms with Crippen molar-refractivity contribution in [3.63, 3.8) is 0 Å². The molecule has 0 aliphatic rings. The zero-order valence-electron chi connectivity index (χ0n) is 11.7. The van der Waals surface area contributed by atoms with Crippen LogP contribution in [-0.2, 0) is 13.6 Å². The molecule has 2 rings (SSSR count). The fourth-order valence-corrected chi connectivity index (χ4v) is 2.21. The van der Waals surface area contributed by atoms with E-state index < -0.39 is 0 Å². The van der Waals surface area contributed by atoms with E-state index in [9.17, 15) is 4.39 Å². The summed E-state index contributed by atoms with van der Waals surface area (Å²) in [7, 11) is 1.84. The number of nitrogens with one attached hydrogen (secondary N) is 1. The van der Waals surface area contributed by atoms with Crippen molar-refractivity contribution in [3.8, 4) is 0 Å². The van der Waals surface area contributed by atoms with Crippen molar-refractivity contribution in [1.82, 2.24) is 9.78 Å². The van der Waals surface area contributed by atoms with E-state index in [1.165, 1.54) is 0 Å². The lowest BCUT2D eigenvalue weighted by Crippen LogP contribution is -2.07. The minimum atomic E-state index is -0.139. The van der Waals surface area contributed by atoms with Crippen molar-refractivity contribution in [1.29, 1.82) is 0 Å². The summed E-state index contributed by atoms with van der Waals surface area (Å²) < 4.78 is 15.3. The Kier molecular flexibility index (Phi) is 3.46. The first-order valence-electron chi connectivity index (χ1n) is 6.18. The number of rotatable bonds is 3. The number of anilines is 2. The molecule has 0 atom stereocenters. The lowest BCUT2D eigenvalue weighted by Gasteiger charge is -2.10. The number of aryl methyl sites for hydroxylation is 4. The quantitative estimate of drug-likeness (QED) is 0.894. The van der Waals surface area contributed by atoms with Crippen LogP contribution in [0.5, 0.6) is 0 Å². The highest BCUT2D eigenvalue weighted by molar-refractivity contribution is 5.64. The van der Waals surface area contributed by atoms with E-state index in [1.807, 2.05) is 26.1 Å². The number of nitrogens with zero attached hydrogens (tertiary/aromatic N) is 2. The van der Waals surface area contributed by atoms with E-state index in [1.54, 1.807) is 18.5 Å². The Bertz CT molecular complexity index is 593. The van der Waals surface area contributed by atoms with Crippen LogP contribution in [-0.4, -0.2) is 9.78 Å². The molecule has 1 aromatic heterocycles. The van der Waals surface area contributed by atoms with Gasteiger partial charge in [0.1, 0.15) is 11.6 Å². The van der Waals surface area contributed by atoms with Crippen molar-refractivity contribution < 1.29 is 4.39 Å². The highest BCUT2D eigenvalue weighted by Crippen LogP contribution is 2.22. The van der Waals surface area contributed by atoms with Crippen LogP contribution in [0.15, 0.2) is 12.1 Å². The van der Waals surface area contributed by atoms with Crippen molar-refractivity contribution in [3.05, 3.63) is 40.3 Å². The van der Waals surface area contributed by atoms with E-state index >= 15 is 0 Å². The molecule has 1 heterocycles. The van der Waals surface area contributed by atoms with Crippen LogP contribution in [0.3, 0.4) is 0 Å². The van der Waals surface area contributed by atoms with Crippen LogP contribution < -0.4 is 11.1 Å². The van der Waals surface area contributed by atoms with Gasteiger partial charge in [0.15, 0.2) is 0 Å². The van der Waals surface area contributed by atoms with Crippen LogP contribution >= 0.6 is 0 Å². The molecule has 0 bridgehead atoms. The summed E-state index contributed by atoms with van der Waals surface area (Å²) in [5.41, 5.74) is 9.74. The summed E-state index contributed by atoms with van der Waals surface area (Å²) in [6.45, 7) is 6.00. The zero-order valence-corrected chi connectivity index (χ0v) is 11.7. The topological polar surface area (TPSA) is 55.9 Å². The van der Waals surface area contributed by atoms with Crippen LogP contribution in [0, 0.1) is 26.6 Å². The smallest absolute Gasteiger partial charge is 0.148 e. The molecule has 0 saturated heterocycles. The second kappa shape index (κ2) is 4.91. The Morgan fingerprint density at radius 3 is 2.32 bits per heavy atom. The van der Waals surface area contributed by atoms with Gasteiger partial charge in [-0.3, -0.25) is 4.68 Å². The minimum absolute atomic E-state index is 0.139. The Labute approximate surface area is 112 Å². The number of nitrogen functional groups attached to an aromatic ring is 1. The van der Waals surface area contributed by atoms with Gasteiger partial charge in [0.2, 0.25) is 0 Å². The summed E-state index contributed by atoms with van der Waals surface area (Å²) in [5, 5.41) is 7.49. The molecule has 0 radical (unpaired) electrons. The van der Waals surface area contributed by atoms with Gasteiger partial charge in [-0.15, -0.1) is 0 Å². The third kappa shape index (κ3) is 2.54. The molecule has 0 unspecified atom stereocenters. The van der Waals surface area contributed by atoms with E-state index in [2.05, 4.69) is 10.4 Å². The largest absolute Gasteiger partial charge is 0.394 e. The summed E-state index contributed by atoms with van der Waals surface area (Å²) in [6.07, 6.45) is 0. The maximum atomic E-state index is 13.6. The van der Waals surface area contributed by atoms with Gasteiger partial charge >= 0.3 is 0 Å². The molecular formula is C14H19FN4. The summed E-state index contributed by atoms with van der Waals surface area (Å²) >= 11 is 0. The molecule has 0 aliphatic heterocycles. The van der Waals surface area contributed by atoms with Crippen LogP contribution in [0.2, 0.25) is 0 Å². The maximum absolute atomic E-state index is 13.6. The first-order valence-corrected chi connectivity index (χ1v) is 6.18. The SMILES string of the molecule is Cc1cc(CNc2c(N)c(C)nn2C)cc(C)c1F. The normalized spacial score (nSPS) is 10.8. The molecule has 4 nitrogen and oxygen atoms in total. The van der Waals surface area contributed by atoms with Gasteiger partial charge in [-0.05, 0) is 37.5 Å². The van der Waals surface area contributed by atoms with E-state index in [-0.39, 0.29) is 5.82 Å². The standard InChI is InChI=1S/C14H19FN4/c1-8-5-11(6-9(2)12(8)15)7-17-14-13(16)10(3)18-19(14)4/h5-6,17H,7,16H2,1-4H3. The molecule has 0 saturated carbocycles. The van der Waals surface area contributed by atoms with Gasteiger partial charge in [-0.25, -0.2) is 4.39 Å². The average molecular weight is 262 g/mol. The summed E-state index contributed by atoms with van der Waals surface area (Å²) in [5.74, 6) is 0.650. The summed E-state index contributed by atoms with van der Waals surface area (Å²) in [6, 6.07) is 3.68. The Morgan fingerprint density at radius 1 is 1.26 bits per heavy atom. The fraction of sp³-hybridized carbons (Fsp3) is 0.357. The molecule has 19 heavy (non-hydrogen) atoms. The highest BCUT2D eigenvalue weighted by Gasteiger charge is 2.10. The van der Waals surface area contributed by atoms with Crippen LogP contribution in [0.25, 0.3) is 0 Å². The molecule has 0 amide bonds. The molecule has 3 N–H and O–H groups in total. The van der Waals surface area contributed by atoms with Gasteiger partial charge < -0.3 is 11.1 Å². The number of halogens is 1. The van der Waals surface area contributed by atoms with Gasteiger partial charge in [0.05, 0.1) is 11.4 Å². The Morgan fingerprint density at radius 2 is 1.84 bits per heavy atom. The van der Waals surface area contributed by atoms with Crippen LogP contribution in [0.4, 0.5) is 15.9 Å². The van der Waals surface area contributed by atoms with Gasteiger partial charge in [0.25, 0.3) is 0 Å².